The van der Waals surface area contributed by atoms with E-state index in [4.69, 9.17) is 0 Å². The summed E-state index contributed by atoms with van der Waals surface area (Å²) >= 11 is 0. The molecule has 0 saturated carbocycles. The van der Waals surface area contributed by atoms with E-state index in [2.05, 4.69) is 217 Å². The lowest BCUT2D eigenvalue weighted by atomic mass is 9.82. The minimum Gasteiger partial charge on any atom is -0.310 e. The fraction of sp³-hybridized carbons (Fsp3) is 0.0357. The van der Waals surface area contributed by atoms with Crippen LogP contribution in [0.1, 0.15) is 18.5 Å². The molecule has 1 heterocycles. The van der Waals surface area contributed by atoms with Gasteiger partial charge in [0.05, 0.1) is 5.69 Å². The normalized spacial score (nSPS) is 12.8. The van der Waals surface area contributed by atoms with Gasteiger partial charge >= 0.3 is 0 Å². The minimum atomic E-state index is 1.02. The highest BCUT2D eigenvalue weighted by Gasteiger charge is 2.23. The first kappa shape index (κ1) is 33.1. The Kier molecular flexibility index (Phi) is 8.03. The molecule has 0 saturated heterocycles. The van der Waals surface area contributed by atoms with E-state index in [-0.39, 0.29) is 0 Å². The Morgan fingerprint density at radius 2 is 0.947 bits per heavy atom. The first-order valence-corrected chi connectivity index (χ1v) is 20.0. The number of hydrogen-bond acceptors (Lipinski definition) is 0. The van der Waals surface area contributed by atoms with Gasteiger partial charge in [0.25, 0.3) is 0 Å². The average Bonchev–Trinajstić information content (AvgIpc) is 3.74. The van der Waals surface area contributed by atoms with Crippen molar-refractivity contribution in [3.63, 3.8) is 0 Å². The molecule has 0 spiro atoms. The zero-order valence-corrected chi connectivity index (χ0v) is 31.6. The molecule has 11 rings (SSSR count). The molecule has 1 nitrogen and oxygen atoms in total. The Labute approximate surface area is 333 Å². The van der Waals surface area contributed by atoms with Crippen molar-refractivity contribution < 1.29 is 0 Å². The molecule has 1 heteroatoms. The van der Waals surface area contributed by atoms with Gasteiger partial charge in [0.2, 0.25) is 0 Å². The van der Waals surface area contributed by atoms with E-state index >= 15 is 0 Å². The second kappa shape index (κ2) is 13.8. The number of benzene rings is 9. The maximum absolute atomic E-state index is 2.49. The summed E-state index contributed by atoms with van der Waals surface area (Å²) in [6, 6.07) is 71.8. The van der Waals surface area contributed by atoms with E-state index in [0.29, 0.717) is 0 Å². The van der Waals surface area contributed by atoms with Gasteiger partial charge in [-0.1, -0.05) is 176 Å². The van der Waals surface area contributed by atoms with Crippen LogP contribution in [0, 0.1) is 0 Å². The molecular weight excluding hydrogens is 687 g/mol. The van der Waals surface area contributed by atoms with E-state index in [1.54, 1.807) is 0 Å². The summed E-state index contributed by atoms with van der Waals surface area (Å²) in [5, 5.41) is 9.94. The molecule has 0 fully saturated rings. The highest BCUT2D eigenvalue weighted by atomic mass is 15.0. The highest BCUT2D eigenvalue weighted by Crippen LogP contribution is 2.49. The molecule has 1 aliphatic rings. The Hall–Kier alpha value is -7.22. The quantitative estimate of drug-likeness (QED) is 0.150. The summed E-state index contributed by atoms with van der Waals surface area (Å²) in [6.07, 6.45) is 8.84. The van der Waals surface area contributed by atoms with Crippen LogP contribution in [-0.2, 0) is 0 Å². The van der Waals surface area contributed by atoms with E-state index in [1.807, 2.05) is 0 Å². The van der Waals surface area contributed by atoms with Gasteiger partial charge in [0, 0.05) is 11.4 Å². The van der Waals surface area contributed by atoms with Crippen molar-refractivity contribution in [1.29, 1.82) is 0 Å². The van der Waals surface area contributed by atoms with E-state index in [1.165, 1.54) is 99.0 Å². The summed E-state index contributed by atoms with van der Waals surface area (Å²) in [5.74, 6) is 0. The summed E-state index contributed by atoms with van der Waals surface area (Å²) in [4.78, 5) is 0. The third kappa shape index (κ3) is 5.62. The van der Waals surface area contributed by atoms with E-state index < -0.39 is 0 Å². The molecule has 268 valence electrons. The fourth-order valence-electron chi connectivity index (χ4n) is 9.25. The second-order valence-corrected chi connectivity index (χ2v) is 15.1. The van der Waals surface area contributed by atoms with Crippen LogP contribution < -0.4 is 0 Å². The molecule has 0 unspecified atom stereocenters. The molecule has 0 N–H and O–H groups in total. The van der Waals surface area contributed by atoms with E-state index in [9.17, 15) is 0 Å². The maximum atomic E-state index is 2.49. The average molecular weight is 726 g/mol. The molecule has 1 aliphatic carbocycles. The smallest absolute Gasteiger partial charge is 0.0534 e. The van der Waals surface area contributed by atoms with Gasteiger partial charge in [-0.15, -0.1) is 0 Å². The third-order valence-corrected chi connectivity index (χ3v) is 11.9. The van der Waals surface area contributed by atoms with Gasteiger partial charge < -0.3 is 4.57 Å². The second-order valence-electron chi connectivity index (χ2n) is 15.1. The van der Waals surface area contributed by atoms with E-state index in [0.717, 1.165) is 18.5 Å². The van der Waals surface area contributed by atoms with Crippen molar-refractivity contribution >= 4 is 48.7 Å². The summed E-state index contributed by atoms with van der Waals surface area (Å²) in [7, 11) is 0. The highest BCUT2D eigenvalue weighted by molar-refractivity contribution is 6.25. The molecule has 0 aliphatic heterocycles. The molecule has 57 heavy (non-hydrogen) atoms. The van der Waals surface area contributed by atoms with Crippen molar-refractivity contribution in [1.82, 2.24) is 4.57 Å². The Morgan fingerprint density at radius 3 is 1.67 bits per heavy atom. The van der Waals surface area contributed by atoms with Crippen molar-refractivity contribution in [2.24, 2.45) is 0 Å². The Balaban J connectivity index is 1.30. The summed E-state index contributed by atoms with van der Waals surface area (Å²) in [6.45, 7) is 0. The van der Waals surface area contributed by atoms with Gasteiger partial charge in [-0.05, 0) is 137 Å². The van der Waals surface area contributed by atoms with Crippen LogP contribution in [0.25, 0.3) is 99.0 Å². The Morgan fingerprint density at radius 1 is 0.368 bits per heavy atom. The lowest BCUT2D eigenvalue weighted by Crippen LogP contribution is -2.03. The molecule has 0 radical (unpaired) electrons. The van der Waals surface area contributed by atoms with Crippen LogP contribution in [0.5, 0.6) is 0 Å². The molecule has 0 atom stereocenters. The van der Waals surface area contributed by atoms with Crippen LogP contribution in [-0.4, -0.2) is 4.57 Å². The van der Waals surface area contributed by atoms with Gasteiger partial charge in [-0.2, -0.15) is 0 Å². The van der Waals surface area contributed by atoms with Crippen molar-refractivity contribution in [3.05, 3.63) is 218 Å². The number of aromatic nitrogens is 1. The van der Waals surface area contributed by atoms with Crippen LogP contribution in [0.4, 0.5) is 0 Å². The number of nitrogens with zero attached hydrogens (tertiary/aromatic N) is 1. The predicted molar refractivity (Wildman–Crippen MR) is 244 cm³/mol. The van der Waals surface area contributed by atoms with Crippen LogP contribution in [0.15, 0.2) is 212 Å². The molecule has 1 aromatic heterocycles. The molecule has 0 amide bonds. The Bertz CT molecular complexity index is 3210. The third-order valence-electron chi connectivity index (χ3n) is 11.9. The van der Waals surface area contributed by atoms with Crippen LogP contribution in [0.3, 0.4) is 0 Å². The topological polar surface area (TPSA) is 4.93 Å². The fourth-order valence-corrected chi connectivity index (χ4v) is 9.25. The van der Waals surface area contributed by atoms with Crippen LogP contribution in [0.2, 0.25) is 0 Å². The molecule has 10 aromatic rings. The number of hydrogen-bond donors (Lipinski definition) is 0. The monoisotopic (exact) mass is 725 g/mol. The zero-order valence-electron chi connectivity index (χ0n) is 31.6. The lowest BCUT2D eigenvalue weighted by molar-refractivity contribution is 0.998. The number of fused-ring (bicyclic) bond motifs is 4. The van der Waals surface area contributed by atoms with Gasteiger partial charge in [0.1, 0.15) is 0 Å². The summed E-state index contributed by atoms with van der Waals surface area (Å²) < 4.78 is 2.49. The standard InChI is InChI=1S/C56H39N/c1-4-17-39(18-5-1)50-35-42-24-10-11-25-43(42)36-51(50)56-48-29-15-14-28-47(48)55(46-30-16-26-38-19-12-13-27-45(38)46)52-37-44(31-32-49(52)56)57-53(40-20-6-2-7-21-40)33-34-54(57)41-22-8-3-9-23-41/h1-8,10-22,24-37H,9,23H2. The van der Waals surface area contributed by atoms with Crippen molar-refractivity contribution in [2.75, 3.05) is 0 Å². The number of rotatable bonds is 6. The lowest BCUT2D eigenvalue weighted by Gasteiger charge is -2.23. The molecule has 9 aromatic carbocycles. The van der Waals surface area contributed by atoms with Crippen molar-refractivity contribution in [2.45, 2.75) is 12.8 Å². The SMILES string of the molecule is C1=CCCC(c2ccc(-c3ccccc3)n2-c2ccc3c(-c4cc5ccccc5cc4-c4ccccc4)c4ccccc4c(-c4cccc5ccccc45)c3c2)=C1. The zero-order chi connectivity index (χ0) is 37.7. The van der Waals surface area contributed by atoms with Gasteiger partial charge in [0.15, 0.2) is 0 Å². The largest absolute Gasteiger partial charge is 0.310 e. The number of allylic oxidation sites excluding steroid dienone is 4. The summed E-state index contributed by atoms with van der Waals surface area (Å²) in [5.41, 5.74) is 13.6. The first-order valence-electron chi connectivity index (χ1n) is 20.0. The predicted octanol–water partition coefficient (Wildman–Crippen LogP) is 15.5. The molecule has 0 bridgehead atoms. The van der Waals surface area contributed by atoms with Gasteiger partial charge in [-0.3, -0.25) is 0 Å². The first-order chi connectivity index (χ1) is 28.3. The van der Waals surface area contributed by atoms with Gasteiger partial charge in [-0.25, -0.2) is 0 Å². The van der Waals surface area contributed by atoms with Crippen molar-refractivity contribution in [3.8, 4) is 50.3 Å². The molecular formula is C56H39N. The maximum Gasteiger partial charge on any atom is 0.0534 e. The minimum absolute atomic E-state index is 1.02. The van der Waals surface area contributed by atoms with Crippen LogP contribution >= 0.6 is 0 Å².